The monoisotopic (exact) mass is 362 g/mol. The Hall–Kier alpha value is -3.21. The van der Waals surface area contributed by atoms with E-state index in [0.717, 1.165) is 16.9 Å². The fourth-order valence-corrected chi connectivity index (χ4v) is 2.96. The minimum absolute atomic E-state index is 0.147. The molecule has 1 aromatic carbocycles. The molecule has 0 radical (unpaired) electrons. The van der Waals surface area contributed by atoms with Gasteiger partial charge < -0.3 is 9.47 Å². The van der Waals surface area contributed by atoms with E-state index in [1.54, 1.807) is 37.6 Å². The van der Waals surface area contributed by atoms with Crippen LogP contribution in [0.25, 0.3) is 0 Å². The lowest BCUT2D eigenvalue weighted by atomic mass is 10.0. The van der Waals surface area contributed by atoms with E-state index in [0.29, 0.717) is 34.1 Å². The Morgan fingerprint density at radius 3 is 2.30 bits per heavy atom. The molecule has 2 aromatic heterocycles. The molecule has 5 nitrogen and oxygen atoms in total. The highest BCUT2D eigenvalue weighted by molar-refractivity contribution is 6.08. The van der Waals surface area contributed by atoms with E-state index in [9.17, 15) is 4.79 Å². The number of hydrogen-bond acceptors (Lipinski definition) is 5. The predicted molar refractivity (Wildman–Crippen MR) is 104 cm³/mol. The summed E-state index contributed by atoms with van der Waals surface area (Å²) in [5, 5.41) is 0. The zero-order chi connectivity index (χ0) is 19.6. The SMILES string of the molecule is COc1cc(C)c(Oc2nc(C)cc(C(=O)c3ccccn3)c2C)c(C)c1. The van der Waals surface area contributed by atoms with Crippen molar-refractivity contribution < 1.29 is 14.3 Å². The lowest BCUT2D eigenvalue weighted by Crippen LogP contribution is -2.09. The average molecular weight is 362 g/mol. The molecule has 0 saturated heterocycles. The number of benzene rings is 1. The molecule has 0 bridgehead atoms. The maximum atomic E-state index is 12.9. The Bertz CT molecular complexity index is 975. The molecule has 138 valence electrons. The number of carbonyl (C=O) groups excluding carboxylic acids is 1. The summed E-state index contributed by atoms with van der Waals surface area (Å²) in [6.45, 7) is 7.59. The minimum atomic E-state index is -0.147. The number of hydrogen-bond donors (Lipinski definition) is 0. The second kappa shape index (κ2) is 7.58. The summed E-state index contributed by atoms with van der Waals surface area (Å²) in [5.41, 5.74) is 4.21. The van der Waals surface area contributed by atoms with Gasteiger partial charge in [0.15, 0.2) is 0 Å². The van der Waals surface area contributed by atoms with E-state index in [-0.39, 0.29) is 5.78 Å². The van der Waals surface area contributed by atoms with Crippen LogP contribution in [0.5, 0.6) is 17.4 Å². The molecule has 0 aliphatic heterocycles. The van der Waals surface area contributed by atoms with Crippen molar-refractivity contribution in [3.05, 3.63) is 76.2 Å². The van der Waals surface area contributed by atoms with Crippen LogP contribution in [0.2, 0.25) is 0 Å². The predicted octanol–water partition coefficient (Wildman–Crippen LogP) is 4.74. The lowest BCUT2D eigenvalue weighted by molar-refractivity contribution is 0.103. The fourth-order valence-electron chi connectivity index (χ4n) is 2.96. The van der Waals surface area contributed by atoms with Gasteiger partial charge in [-0.3, -0.25) is 9.78 Å². The molecule has 3 aromatic rings. The van der Waals surface area contributed by atoms with Crippen molar-refractivity contribution in [1.82, 2.24) is 9.97 Å². The van der Waals surface area contributed by atoms with Crippen molar-refractivity contribution in [3.63, 3.8) is 0 Å². The molecule has 0 unspecified atom stereocenters. The first-order chi connectivity index (χ1) is 12.9. The first-order valence-electron chi connectivity index (χ1n) is 8.67. The number of aromatic nitrogens is 2. The van der Waals surface area contributed by atoms with E-state index in [1.807, 2.05) is 39.8 Å². The number of methoxy groups -OCH3 is 1. The summed E-state index contributed by atoms with van der Waals surface area (Å²) in [7, 11) is 1.64. The highest BCUT2D eigenvalue weighted by atomic mass is 16.5. The van der Waals surface area contributed by atoms with Crippen molar-refractivity contribution >= 4 is 5.78 Å². The Morgan fingerprint density at radius 1 is 1.00 bits per heavy atom. The fraction of sp³-hybridized carbons (Fsp3) is 0.227. The second-order valence-corrected chi connectivity index (χ2v) is 6.48. The van der Waals surface area contributed by atoms with E-state index >= 15 is 0 Å². The van der Waals surface area contributed by atoms with Gasteiger partial charge in [-0.05, 0) is 69.2 Å². The number of nitrogens with zero attached hydrogens (tertiary/aromatic N) is 2. The normalized spacial score (nSPS) is 10.6. The Morgan fingerprint density at radius 2 is 1.70 bits per heavy atom. The molecule has 0 aliphatic carbocycles. The van der Waals surface area contributed by atoms with Gasteiger partial charge in [-0.2, -0.15) is 0 Å². The standard InChI is InChI=1S/C22H22N2O3/c1-13-10-17(26-5)11-14(2)21(13)27-22-16(4)18(12-15(3)24-22)20(25)19-8-6-7-9-23-19/h6-12H,1-5H3. The largest absolute Gasteiger partial charge is 0.497 e. The number of aryl methyl sites for hydroxylation is 3. The van der Waals surface area contributed by atoms with E-state index < -0.39 is 0 Å². The van der Waals surface area contributed by atoms with Crippen LogP contribution in [0.4, 0.5) is 0 Å². The van der Waals surface area contributed by atoms with Crippen molar-refractivity contribution in [2.75, 3.05) is 7.11 Å². The summed E-state index contributed by atoms with van der Waals surface area (Å²) in [4.78, 5) is 21.5. The maximum absolute atomic E-state index is 12.9. The van der Waals surface area contributed by atoms with E-state index in [1.165, 1.54) is 0 Å². The van der Waals surface area contributed by atoms with Crippen molar-refractivity contribution in [2.24, 2.45) is 0 Å². The molecule has 0 fully saturated rings. The lowest BCUT2D eigenvalue weighted by Gasteiger charge is -2.16. The van der Waals surface area contributed by atoms with Crippen LogP contribution in [0.1, 0.15) is 38.4 Å². The highest BCUT2D eigenvalue weighted by Gasteiger charge is 2.19. The molecule has 3 rings (SSSR count). The first-order valence-corrected chi connectivity index (χ1v) is 8.67. The summed E-state index contributed by atoms with van der Waals surface area (Å²) in [6, 6.07) is 10.9. The zero-order valence-corrected chi connectivity index (χ0v) is 16.2. The van der Waals surface area contributed by atoms with E-state index in [2.05, 4.69) is 9.97 Å². The molecular weight excluding hydrogens is 340 g/mol. The van der Waals surface area contributed by atoms with Crippen LogP contribution >= 0.6 is 0 Å². The van der Waals surface area contributed by atoms with Crippen LogP contribution in [0.15, 0.2) is 42.6 Å². The summed E-state index contributed by atoms with van der Waals surface area (Å²) < 4.78 is 11.4. The second-order valence-electron chi connectivity index (χ2n) is 6.48. The summed E-state index contributed by atoms with van der Waals surface area (Å²) in [6.07, 6.45) is 1.61. The number of ketones is 1. The molecule has 5 heteroatoms. The van der Waals surface area contributed by atoms with Gasteiger partial charge in [-0.1, -0.05) is 6.07 Å². The first kappa shape index (κ1) is 18.6. The Labute approximate surface area is 159 Å². The Balaban J connectivity index is 2.03. The molecule has 2 heterocycles. The van der Waals surface area contributed by atoms with Crippen molar-refractivity contribution in [1.29, 1.82) is 0 Å². The highest BCUT2D eigenvalue weighted by Crippen LogP contribution is 2.34. The average Bonchev–Trinajstić information content (AvgIpc) is 2.66. The third-order valence-electron chi connectivity index (χ3n) is 4.37. The summed E-state index contributed by atoms with van der Waals surface area (Å²) >= 11 is 0. The van der Waals surface area contributed by atoms with Crippen LogP contribution in [-0.4, -0.2) is 22.9 Å². The van der Waals surface area contributed by atoms with Gasteiger partial charge in [-0.25, -0.2) is 4.98 Å². The molecule has 0 saturated carbocycles. The van der Waals surface area contributed by atoms with Gasteiger partial charge in [0.2, 0.25) is 11.7 Å². The zero-order valence-electron chi connectivity index (χ0n) is 16.2. The van der Waals surface area contributed by atoms with Crippen LogP contribution in [0, 0.1) is 27.7 Å². The number of ether oxygens (including phenoxy) is 2. The Kier molecular flexibility index (Phi) is 5.21. The van der Waals surface area contributed by atoms with Gasteiger partial charge in [0.1, 0.15) is 17.2 Å². The van der Waals surface area contributed by atoms with Crippen molar-refractivity contribution in [3.8, 4) is 17.4 Å². The number of pyridine rings is 2. The maximum Gasteiger partial charge on any atom is 0.223 e. The topological polar surface area (TPSA) is 61.3 Å². The number of carbonyl (C=O) groups is 1. The third kappa shape index (κ3) is 3.82. The van der Waals surface area contributed by atoms with Gasteiger partial charge in [0.25, 0.3) is 0 Å². The molecule has 0 aliphatic rings. The quantitative estimate of drug-likeness (QED) is 0.613. The van der Waals surface area contributed by atoms with E-state index in [4.69, 9.17) is 9.47 Å². The van der Waals surface area contributed by atoms with Crippen molar-refractivity contribution in [2.45, 2.75) is 27.7 Å². The smallest absolute Gasteiger partial charge is 0.223 e. The van der Waals surface area contributed by atoms with Crippen LogP contribution < -0.4 is 9.47 Å². The van der Waals surface area contributed by atoms with Gasteiger partial charge in [0.05, 0.1) is 7.11 Å². The van der Waals surface area contributed by atoms with Gasteiger partial charge in [-0.15, -0.1) is 0 Å². The van der Waals surface area contributed by atoms with Crippen LogP contribution in [0.3, 0.4) is 0 Å². The minimum Gasteiger partial charge on any atom is -0.497 e. The van der Waals surface area contributed by atoms with Crippen LogP contribution in [-0.2, 0) is 0 Å². The van der Waals surface area contributed by atoms with Gasteiger partial charge >= 0.3 is 0 Å². The number of rotatable bonds is 5. The van der Waals surface area contributed by atoms with Gasteiger partial charge in [0, 0.05) is 23.0 Å². The third-order valence-corrected chi connectivity index (χ3v) is 4.37. The molecule has 0 spiro atoms. The molecular formula is C22H22N2O3. The molecule has 27 heavy (non-hydrogen) atoms. The molecule has 0 N–H and O–H groups in total. The molecule has 0 atom stereocenters. The molecule has 0 amide bonds. The summed E-state index contributed by atoms with van der Waals surface area (Å²) in [5.74, 6) is 1.77.